The van der Waals surface area contributed by atoms with Crippen LogP contribution in [0.5, 0.6) is 0 Å². The molecule has 2 aliphatic rings. The third-order valence-electron chi connectivity index (χ3n) is 4.64. The van der Waals surface area contributed by atoms with Crippen LogP contribution in [0.4, 0.5) is 13.2 Å². The quantitative estimate of drug-likeness (QED) is 0.564. The predicted octanol–water partition coefficient (Wildman–Crippen LogP) is 5.58. The first-order valence-electron chi connectivity index (χ1n) is 8.69. The summed E-state index contributed by atoms with van der Waals surface area (Å²) in [6.07, 6.45) is -3.28. The molecule has 4 rings (SSSR count). The van der Waals surface area contributed by atoms with E-state index in [4.69, 9.17) is 28.6 Å². The number of nitrogens with zero attached hydrogens (tertiary/aromatic N) is 4. The number of aromatic nitrogens is 1. The molecule has 1 N–H and O–H groups in total. The molecule has 31 heavy (non-hydrogen) atoms. The Morgan fingerprint density at radius 3 is 2.61 bits per heavy atom. The van der Waals surface area contributed by atoms with Crippen LogP contribution >= 0.6 is 35.0 Å². The van der Waals surface area contributed by atoms with Crippen LogP contribution in [0.3, 0.4) is 0 Å². The topological polar surface area (TPSA) is 73.8 Å². The number of alkyl halides is 3. The second-order valence-electron chi connectivity index (χ2n) is 6.66. The molecular formula is C19H12Cl2F3N5OS. The highest BCUT2D eigenvalue weighted by atomic mass is 35.5. The standard InChI is InChI=1S/C19H12Cl2F3N5OS/c1-8-6-10(9(2)28(8)13-5-3-4-12(20)14(13)21)7-11-15(25)29-18(26-16(11)30)31-17(27-29)19(22,23)24/h3-7,25H,1-2H3/b11-7+,25-15?. The summed E-state index contributed by atoms with van der Waals surface area (Å²) < 4.78 is 40.7. The van der Waals surface area contributed by atoms with Gasteiger partial charge < -0.3 is 4.57 Å². The monoisotopic (exact) mass is 485 g/mol. The number of benzene rings is 1. The summed E-state index contributed by atoms with van der Waals surface area (Å²) >= 11 is 12.7. The second-order valence-corrected chi connectivity index (χ2v) is 8.40. The van der Waals surface area contributed by atoms with Gasteiger partial charge in [0.05, 0.1) is 21.3 Å². The van der Waals surface area contributed by atoms with E-state index in [1.807, 2.05) is 11.5 Å². The minimum atomic E-state index is -4.70. The van der Waals surface area contributed by atoms with Gasteiger partial charge in [-0.25, -0.2) is 0 Å². The smallest absolute Gasteiger partial charge is 0.316 e. The van der Waals surface area contributed by atoms with Gasteiger partial charge in [-0.3, -0.25) is 10.2 Å². The number of hydrogen-bond acceptors (Lipinski definition) is 4. The molecule has 1 aromatic heterocycles. The summed E-state index contributed by atoms with van der Waals surface area (Å²) in [5.41, 5.74) is 2.51. The van der Waals surface area contributed by atoms with Gasteiger partial charge in [-0.1, -0.05) is 29.3 Å². The van der Waals surface area contributed by atoms with Crippen molar-refractivity contribution < 1.29 is 18.0 Å². The van der Waals surface area contributed by atoms with Gasteiger partial charge in [0.15, 0.2) is 5.84 Å². The Morgan fingerprint density at radius 1 is 1.23 bits per heavy atom. The van der Waals surface area contributed by atoms with Crippen molar-refractivity contribution >= 4 is 63.0 Å². The SMILES string of the molecule is Cc1cc(/C=C2\C(=N)N3N=C(C(F)(F)F)SC3=NC2=O)c(C)n1-c1cccc(Cl)c1Cl. The van der Waals surface area contributed by atoms with Gasteiger partial charge in [-0.2, -0.15) is 28.3 Å². The van der Waals surface area contributed by atoms with Crippen molar-refractivity contribution in [2.75, 3.05) is 0 Å². The number of hydrogen-bond donors (Lipinski definition) is 1. The highest BCUT2D eigenvalue weighted by molar-refractivity contribution is 8.27. The maximum Gasteiger partial charge on any atom is 0.441 e. The van der Waals surface area contributed by atoms with E-state index in [0.717, 1.165) is 5.69 Å². The van der Waals surface area contributed by atoms with E-state index in [2.05, 4.69) is 10.1 Å². The number of thioether (sulfide) groups is 1. The molecule has 0 fully saturated rings. The number of amides is 1. The molecular weight excluding hydrogens is 474 g/mol. The highest BCUT2D eigenvalue weighted by Gasteiger charge is 2.46. The Kier molecular flexibility index (Phi) is 5.27. The molecule has 6 nitrogen and oxygen atoms in total. The zero-order valence-corrected chi connectivity index (χ0v) is 18.2. The van der Waals surface area contributed by atoms with Crippen LogP contribution in [0, 0.1) is 19.3 Å². The average Bonchev–Trinajstić information content (AvgIpc) is 3.23. The van der Waals surface area contributed by atoms with Crippen molar-refractivity contribution in [2.24, 2.45) is 10.1 Å². The molecule has 2 aromatic rings. The lowest BCUT2D eigenvalue weighted by Crippen LogP contribution is -2.35. The highest BCUT2D eigenvalue weighted by Crippen LogP contribution is 2.36. The average molecular weight is 486 g/mol. The molecule has 0 unspecified atom stereocenters. The summed E-state index contributed by atoms with van der Waals surface area (Å²) in [5, 5.41) is 11.6. The minimum absolute atomic E-state index is 0.172. The zero-order chi connectivity index (χ0) is 22.7. The van der Waals surface area contributed by atoms with E-state index in [9.17, 15) is 18.0 Å². The van der Waals surface area contributed by atoms with Gasteiger partial charge in [-0.05, 0) is 55.4 Å². The van der Waals surface area contributed by atoms with Crippen LogP contribution in [0.15, 0.2) is 39.9 Å². The van der Waals surface area contributed by atoms with Crippen LogP contribution in [-0.2, 0) is 4.79 Å². The van der Waals surface area contributed by atoms with Gasteiger partial charge in [0.1, 0.15) is 0 Å². The molecule has 1 aromatic carbocycles. The van der Waals surface area contributed by atoms with E-state index < -0.39 is 23.0 Å². The predicted molar refractivity (Wildman–Crippen MR) is 116 cm³/mol. The van der Waals surface area contributed by atoms with E-state index in [-0.39, 0.29) is 22.5 Å². The molecule has 0 bridgehead atoms. The third kappa shape index (κ3) is 3.68. The number of halogens is 5. The van der Waals surface area contributed by atoms with Crippen molar-refractivity contribution in [3.05, 3.63) is 56.8 Å². The summed E-state index contributed by atoms with van der Waals surface area (Å²) in [6.45, 7) is 3.61. The van der Waals surface area contributed by atoms with E-state index in [1.165, 1.54) is 6.08 Å². The van der Waals surface area contributed by atoms with Crippen molar-refractivity contribution in [3.8, 4) is 5.69 Å². The molecule has 12 heteroatoms. The Morgan fingerprint density at radius 2 is 1.94 bits per heavy atom. The molecule has 160 valence electrons. The van der Waals surface area contributed by atoms with Gasteiger partial charge in [-0.15, -0.1) is 0 Å². The largest absolute Gasteiger partial charge is 0.441 e. The van der Waals surface area contributed by atoms with E-state index >= 15 is 0 Å². The van der Waals surface area contributed by atoms with Crippen LogP contribution < -0.4 is 0 Å². The first-order chi connectivity index (χ1) is 14.5. The van der Waals surface area contributed by atoms with Crippen molar-refractivity contribution in [1.29, 1.82) is 5.41 Å². The minimum Gasteiger partial charge on any atom is -0.316 e. The zero-order valence-electron chi connectivity index (χ0n) is 15.9. The Balaban J connectivity index is 1.77. The first kappa shape index (κ1) is 21.7. The maximum atomic E-state index is 13.0. The molecule has 0 spiro atoms. The molecule has 0 aliphatic carbocycles. The first-order valence-corrected chi connectivity index (χ1v) is 10.3. The molecule has 0 atom stereocenters. The number of aryl methyl sites for hydroxylation is 1. The van der Waals surface area contributed by atoms with Crippen LogP contribution in [0.25, 0.3) is 11.8 Å². The van der Waals surface area contributed by atoms with Crippen LogP contribution in [0.1, 0.15) is 17.0 Å². The molecule has 3 heterocycles. The lowest BCUT2D eigenvalue weighted by molar-refractivity contribution is -0.114. The van der Waals surface area contributed by atoms with Gasteiger partial charge in [0.25, 0.3) is 5.91 Å². The summed E-state index contributed by atoms with van der Waals surface area (Å²) in [7, 11) is 0. The number of amidine groups is 2. The van der Waals surface area contributed by atoms with Crippen LogP contribution in [0.2, 0.25) is 10.0 Å². The second kappa shape index (κ2) is 7.54. The Bertz CT molecular complexity index is 1250. The summed E-state index contributed by atoms with van der Waals surface area (Å²) in [5.74, 6) is -1.29. The molecule has 0 saturated heterocycles. The van der Waals surface area contributed by atoms with Gasteiger partial charge in [0, 0.05) is 11.4 Å². The molecule has 2 aliphatic heterocycles. The summed E-state index contributed by atoms with van der Waals surface area (Å²) in [4.78, 5) is 16.1. The summed E-state index contributed by atoms with van der Waals surface area (Å²) in [6, 6.07) is 6.96. The lowest BCUT2D eigenvalue weighted by atomic mass is 10.1. The fraction of sp³-hybridized carbons (Fsp3) is 0.158. The van der Waals surface area contributed by atoms with E-state index in [1.54, 1.807) is 31.2 Å². The fourth-order valence-corrected chi connectivity index (χ4v) is 4.37. The number of carbonyl (C=O) groups excluding carboxylic acids is 1. The Hall–Kier alpha value is -2.56. The van der Waals surface area contributed by atoms with Crippen molar-refractivity contribution in [2.45, 2.75) is 20.0 Å². The van der Waals surface area contributed by atoms with Crippen molar-refractivity contribution in [1.82, 2.24) is 9.58 Å². The number of rotatable bonds is 2. The number of aliphatic imine (C=N–C) groups is 1. The number of nitrogens with one attached hydrogen (secondary N) is 1. The number of carbonyl (C=O) groups is 1. The normalized spacial score (nSPS) is 17.9. The number of fused-ring (bicyclic) bond motifs is 1. The maximum absolute atomic E-state index is 13.0. The lowest BCUT2D eigenvalue weighted by Gasteiger charge is -2.20. The molecule has 0 saturated carbocycles. The van der Waals surface area contributed by atoms with Crippen LogP contribution in [-0.4, -0.2) is 37.7 Å². The number of hydrazone groups is 1. The van der Waals surface area contributed by atoms with Gasteiger partial charge >= 0.3 is 6.18 Å². The van der Waals surface area contributed by atoms with Gasteiger partial charge in [0.2, 0.25) is 10.2 Å². The molecule has 0 radical (unpaired) electrons. The van der Waals surface area contributed by atoms with Crippen molar-refractivity contribution in [3.63, 3.8) is 0 Å². The third-order valence-corrected chi connectivity index (χ3v) is 6.40. The fourth-order valence-electron chi connectivity index (χ4n) is 3.23. The Labute approximate surface area is 188 Å². The molecule has 1 amide bonds. The van der Waals surface area contributed by atoms with E-state index in [0.29, 0.717) is 32.0 Å².